The van der Waals surface area contributed by atoms with Crippen molar-refractivity contribution in [3.63, 3.8) is 0 Å². The summed E-state index contributed by atoms with van der Waals surface area (Å²) in [5.41, 5.74) is 9.13. The van der Waals surface area contributed by atoms with E-state index in [2.05, 4.69) is 66.7 Å². The van der Waals surface area contributed by atoms with Crippen LogP contribution in [0, 0.1) is 5.92 Å². The molecule has 0 radical (unpaired) electrons. The number of hydrogen-bond donors (Lipinski definition) is 2. The van der Waals surface area contributed by atoms with Crippen molar-refractivity contribution < 1.29 is 13.2 Å². The summed E-state index contributed by atoms with van der Waals surface area (Å²) in [4.78, 5) is 4.88. The molecule has 0 unspecified atom stereocenters. The van der Waals surface area contributed by atoms with E-state index in [-0.39, 0.29) is 17.1 Å². The van der Waals surface area contributed by atoms with E-state index in [4.69, 9.17) is 5.73 Å². The summed E-state index contributed by atoms with van der Waals surface area (Å²) in [6, 6.07) is 13.4. The van der Waals surface area contributed by atoms with Gasteiger partial charge in [0.15, 0.2) is 0 Å². The van der Waals surface area contributed by atoms with E-state index in [0.717, 1.165) is 63.8 Å². The van der Waals surface area contributed by atoms with Gasteiger partial charge in [-0.1, -0.05) is 39.5 Å². The highest BCUT2D eigenvalue weighted by molar-refractivity contribution is 5.58. The predicted octanol–water partition coefficient (Wildman–Crippen LogP) is 8.06. The Balaban J connectivity index is 1.17. The molecule has 0 bridgehead atoms. The summed E-state index contributed by atoms with van der Waals surface area (Å²) < 4.78 is 39.6. The van der Waals surface area contributed by atoms with E-state index in [1.54, 1.807) is 6.07 Å². The van der Waals surface area contributed by atoms with Crippen LogP contribution in [0.25, 0.3) is 0 Å². The number of allylic oxidation sites excluding steroid dienone is 1. The van der Waals surface area contributed by atoms with E-state index >= 15 is 0 Å². The van der Waals surface area contributed by atoms with Gasteiger partial charge in [-0.3, -0.25) is 0 Å². The van der Waals surface area contributed by atoms with Gasteiger partial charge in [0.2, 0.25) is 0 Å². The molecule has 4 rings (SSSR count). The zero-order valence-electron chi connectivity index (χ0n) is 23.8. The fraction of sp³-hybridized carbons (Fsp3) is 0.562. The normalized spacial score (nSPS) is 17.9. The SMILES string of the molecule is C=C(CCC1CCN(c2ccc(C(C)(C)CC)cc2)CC1)N1CCC(Nc2ccc(N)c(C(F)(F)F)c2)CC1. The van der Waals surface area contributed by atoms with Crippen LogP contribution in [-0.4, -0.2) is 37.1 Å². The average Bonchev–Trinajstić information content (AvgIpc) is 2.93. The van der Waals surface area contributed by atoms with Crippen LogP contribution in [0.1, 0.15) is 76.8 Å². The van der Waals surface area contributed by atoms with E-state index in [0.29, 0.717) is 5.69 Å². The lowest BCUT2D eigenvalue weighted by Crippen LogP contribution is -2.38. The number of likely N-dealkylation sites (tertiary alicyclic amines) is 1. The van der Waals surface area contributed by atoms with Gasteiger partial charge in [-0.2, -0.15) is 13.2 Å². The zero-order valence-corrected chi connectivity index (χ0v) is 23.8. The van der Waals surface area contributed by atoms with Crippen molar-refractivity contribution in [3.8, 4) is 0 Å². The quantitative estimate of drug-likeness (QED) is 0.315. The van der Waals surface area contributed by atoms with Crippen molar-refractivity contribution in [2.45, 2.75) is 83.4 Å². The van der Waals surface area contributed by atoms with Crippen LogP contribution in [0.2, 0.25) is 0 Å². The number of nitrogens with two attached hydrogens (primary N) is 1. The van der Waals surface area contributed by atoms with Crippen molar-refractivity contribution in [1.82, 2.24) is 4.90 Å². The van der Waals surface area contributed by atoms with Crippen molar-refractivity contribution in [1.29, 1.82) is 0 Å². The number of rotatable bonds is 9. The van der Waals surface area contributed by atoms with E-state index < -0.39 is 11.7 Å². The first-order valence-electron chi connectivity index (χ1n) is 14.5. The molecule has 0 aliphatic carbocycles. The number of piperidine rings is 2. The standard InChI is InChI=1S/C32H45F3N4/c1-5-31(3,4)25-8-11-28(12-9-25)39-18-14-24(15-19-39)7-6-23(2)38-20-16-26(17-21-38)37-27-10-13-30(36)29(22-27)32(33,34)35/h8-13,22,24,26,37H,2,5-7,14-21,36H2,1,3-4H3. The lowest BCUT2D eigenvalue weighted by Gasteiger charge is -2.37. The van der Waals surface area contributed by atoms with Crippen LogP contribution in [0.15, 0.2) is 54.7 Å². The molecular formula is C32H45F3N4. The summed E-state index contributed by atoms with van der Waals surface area (Å²) in [6.45, 7) is 15.2. The van der Waals surface area contributed by atoms with Crippen molar-refractivity contribution >= 4 is 17.1 Å². The summed E-state index contributed by atoms with van der Waals surface area (Å²) in [7, 11) is 0. The Morgan fingerprint density at radius 3 is 2.21 bits per heavy atom. The minimum absolute atomic E-state index is 0.144. The van der Waals surface area contributed by atoms with Gasteiger partial charge in [-0.05, 0) is 92.2 Å². The third-order valence-electron chi connectivity index (χ3n) is 9.03. The van der Waals surface area contributed by atoms with E-state index in [1.807, 2.05) is 0 Å². The van der Waals surface area contributed by atoms with Crippen LogP contribution >= 0.6 is 0 Å². The summed E-state index contributed by atoms with van der Waals surface area (Å²) in [5.74, 6) is 0.726. The van der Waals surface area contributed by atoms with Crippen LogP contribution in [0.3, 0.4) is 0 Å². The molecule has 7 heteroatoms. The zero-order chi connectivity index (χ0) is 28.2. The van der Waals surface area contributed by atoms with Gasteiger partial charge in [0.05, 0.1) is 5.56 Å². The predicted molar refractivity (Wildman–Crippen MR) is 157 cm³/mol. The second kappa shape index (κ2) is 12.1. The first kappa shape index (κ1) is 29.2. The molecule has 0 spiro atoms. The molecule has 214 valence electrons. The fourth-order valence-electron chi connectivity index (χ4n) is 5.80. The molecule has 0 amide bonds. The topological polar surface area (TPSA) is 44.5 Å². The molecule has 2 aromatic rings. The molecule has 3 N–H and O–H groups in total. The van der Waals surface area contributed by atoms with Gasteiger partial charge in [0.1, 0.15) is 0 Å². The molecule has 0 atom stereocenters. The van der Waals surface area contributed by atoms with Gasteiger partial charge < -0.3 is 20.9 Å². The summed E-state index contributed by atoms with van der Waals surface area (Å²) >= 11 is 0. The molecular weight excluding hydrogens is 497 g/mol. The molecule has 2 aliphatic rings. The van der Waals surface area contributed by atoms with Gasteiger partial charge in [0, 0.05) is 55.0 Å². The lowest BCUT2D eigenvalue weighted by molar-refractivity contribution is -0.136. The monoisotopic (exact) mass is 542 g/mol. The minimum Gasteiger partial charge on any atom is -0.398 e. The Morgan fingerprint density at radius 2 is 1.62 bits per heavy atom. The third kappa shape index (κ3) is 7.43. The Hall–Kier alpha value is -2.83. The molecule has 2 aromatic carbocycles. The number of nitrogen functional groups attached to an aromatic ring is 1. The second-order valence-corrected chi connectivity index (χ2v) is 12.0. The lowest BCUT2D eigenvalue weighted by atomic mass is 9.82. The number of benzene rings is 2. The molecule has 2 fully saturated rings. The molecule has 2 heterocycles. The molecule has 39 heavy (non-hydrogen) atoms. The van der Waals surface area contributed by atoms with Gasteiger partial charge in [-0.15, -0.1) is 0 Å². The minimum atomic E-state index is -4.45. The number of alkyl halides is 3. The molecule has 2 saturated heterocycles. The Labute approximate surface area is 232 Å². The van der Waals surface area contributed by atoms with E-state index in [1.165, 1.54) is 42.3 Å². The van der Waals surface area contributed by atoms with E-state index in [9.17, 15) is 13.2 Å². The largest absolute Gasteiger partial charge is 0.418 e. The second-order valence-electron chi connectivity index (χ2n) is 12.0. The Morgan fingerprint density at radius 1 is 0.974 bits per heavy atom. The Bertz CT molecular complexity index is 1090. The summed E-state index contributed by atoms with van der Waals surface area (Å²) in [6.07, 6.45) is 3.03. The maximum absolute atomic E-state index is 13.2. The average molecular weight is 543 g/mol. The van der Waals surface area contributed by atoms with Crippen LogP contribution < -0.4 is 16.0 Å². The van der Waals surface area contributed by atoms with Crippen molar-refractivity contribution in [2.75, 3.05) is 42.1 Å². The first-order chi connectivity index (χ1) is 18.5. The van der Waals surface area contributed by atoms with Crippen LogP contribution in [-0.2, 0) is 11.6 Å². The molecule has 4 nitrogen and oxygen atoms in total. The third-order valence-corrected chi connectivity index (χ3v) is 9.03. The highest BCUT2D eigenvalue weighted by atomic mass is 19.4. The highest BCUT2D eigenvalue weighted by Crippen LogP contribution is 2.36. The number of nitrogens with one attached hydrogen (secondary N) is 1. The van der Waals surface area contributed by atoms with Gasteiger partial charge >= 0.3 is 6.18 Å². The number of nitrogens with zero attached hydrogens (tertiary/aromatic N) is 2. The molecule has 0 aromatic heterocycles. The van der Waals surface area contributed by atoms with Crippen molar-refractivity contribution in [3.05, 3.63) is 65.9 Å². The smallest absolute Gasteiger partial charge is 0.398 e. The number of hydrogen-bond acceptors (Lipinski definition) is 4. The molecule has 2 aliphatic heterocycles. The summed E-state index contributed by atoms with van der Waals surface area (Å²) in [5, 5.41) is 3.28. The Kier molecular flexibility index (Phi) is 9.07. The van der Waals surface area contributed by atoms with Crippen molar-refractivity contribution in [2.24, 2.45) is 5.92 Å². The number of anilines is 3. The highest BCUT2D eigenvalue weighted by Gasteiger charge is 2.33. The first-order valence-corrected chi connectivity index (χ1v) is 14.5. The van der Waals surface area contributed by atoms with Gasteiger partial charge in [-0.25, -0.2) is 0 Å². The molecule has 0 saturated carbocycles. The van der Waals surface area contributed by atoms with Crippen LogP contribution in [0.5, 0.6) is 0 Å². The van der Waals surface area contributed by atoms with Crippen LogP contribution in [0.4, 0.5) is 30.2 Å². The van der Waals surface area contributed by atoms with Gasteiger partial charge in [0.25, 0.3) is 0 Å². The fourth-order valence-corrected chi connectivity index (χ4v) is 5.80. The maximum Gasteiger partial charge on any atom is 0.418 e. The number of halogens is 3. The maximum atomic E-state index is 13.2.